The molecule has 6 heteroatoms. The lowest BCUT2D eigenvalue weighted by Crippen LogP contribution is -2.15. The lowest BCUT2D eigenvalue weighted by molar-refractivity contribution is 0.953. The van der Waals surface area contributed by atoms with Crippen LogP contribution in [0, 0.1) is 0 Å². The number of aliphatic imine (C=N–C) groups is 1. The van der Waals surface area contributed by atoms with E-state index in [1.807, 2.05) is 0 Å². The summed E-state index contributed by atoms with van der Waals surface area (Å²) in [6, 6.07) is 5.05. The number of rotatable bonds is 1. The monoisotopic (exact) mass is 242 g/mol. The summed E-state index contributed by atoms with van der Waals surface area (Å²) in [7, 11) is 0. The van der Waals surface area contributed by atoms with Crippen LogP contribution in [0.15, 0.2) is 33.4 Å². The Morgan fingerprint density at radius 2 is 2.13 bits per heavy atom. The van der Waals surface area contributed by atoms with Crippen LogP contribution in [0.5, 0.6) is 0 Å². The molecule has 1 heterocycles. The van der Waals surface area contributed by atoms with Crippen molar-refractivity contribution in [2.24, 2.45) is 15.2 Å². The molecule has 2 rings (SSSR count). The number of hydrogen-bond donors (Lipinski definition) is 1. The molecule has 0 atom stereocenters. The smallest absolute Gasteiger partial charge is 0.238 e. The first-order valence-electron chi connectivity index (χ1n) is 4.41. The molecule has 0 spiro atoms. The molecule has 1 N–H and O–H groups in total. The number of benzene rings is 1. The SMILES string of the molecule is Clc1ccc(N=NC2=NCCN2)c(Cl)c1. The minimum Gasteiger partial charge on any atom is -0.351 e. The van der Waals surface area contributed by atoms with Crippen molar-refractivity contribution in [3.63, 3.8) is 0 Å². The van der Waals surface area contributed by atoms with Crippen LogP contribution >= 0.6 is 23.2 Å². The molecule has 1 aliphatic rings. The molecule has 0 saturated heterocycles. The fraction of sp³-hybridized carbons (Fsp3) is 0.222. The van der Waals surface area contributed by atoms with Gasteiger partial charge in [0.25, 0.3) is 0 Å². The van der Waals surface area contributed by atoms with E-state index in [4.69, 9.17) is 23.2 Å². The Morgan fingerprint density at radius 1 is 1.27 bits per heavy atom. The van der Waals surface area contributed by atoms with Crippen molar-refractivity contribution in [1.29, 1.82) is 0 Å². The van der Waals surface area contributed by atoms with Crippen molar-refractivity contribution in [1.82, 2.24) is 5.32 Å². The normalized spacial score (nSPS) is 15.5. The second kappa shape index (κ2) is 4.59. The molecule has 0 aromatic heterocycles. The Hall–Kier alpha value is -1.13. The highest BCUT2D eigenvalue weighted by Crippen LogP contribution is 2.27. The van der Waals surface area contributed by atoms with Gasteiger partial charge < -0.3 is 5.32 Å². The molecule has 0 amide bonds. The summed E-state index contributed by atoms with van der Waals surface area (Å²) in [6.45, 7) is 1.55. The van der Waals surface area contributed by atoms with Gasteiger partial charge in [0.2, 0.25) is 5.96 Å². The molecule has 0 bridgehead atoms. The van der Waals surface area contributed by atoms with E-state index in [-0.39, 0.29) is 0 Å². The molecular weight excluding hydrogens is 235 g/mol. The van der Waals surface area contributed by atoms with E-state index in [1.165, 1.54) is 0 Å². The minimum absolute atomic E-state index is 0.477. The first-order chi connectivity index (χ1) is 7.25. The summed E-state index contributed by atoms with van der Waals surface area (Å²) in [4.78, 5) is 4.07. The van der Waals surface area contributed by atoms with Crippen LogP contribution in [0.25, 0.3) is 0 Å². The summed E-state index contributed by atoms with van der Waals surface area (Å²) < 4.78 is 0. The molecular formula is C9H8Cl2N4. The molecule has 1 aliphatic heterocycles. The van der Waals surface area contributed by atoms with E-state index in [0.717, 1.165) is 13.1 Å². The Bertz CT molecular complexity index is 428. The zero-order chi connectivity index (χ0) is 10.7. The maximum Gasteiger partial charge on any atom is 0.238 e. The van der Waals surface area contributed by atoms with Crippen LogP contribution in [0.1, 0.15) is 0 Å². The number of azo groups is 1. The summed E-state index contributed by atoms with van der Waals surface area (Å²) in [5.74, 6) is 0.543. The average Bonchev–Trinajstić information content (AvgIpc) is 2.69. The van der Waals surface area contributed by atoms with Gasteiger partial charge in [-0.1, -0.05) is 23.2 Å². The van der Waals surface area contributed by atoms with Gasteiger partial charge in [0.05, 0.1) is 11.6 Å². The van der Waals surface area contributed by atoms with Crippen molar-refractivity contribution in [3.05, 3.63) is 28.2 Å². The molecule has 0 unspecified atom stereocenters. The highest BCUT2D eigenvalue weighted by atomic mass is 35.5. The van der Waals surface area contributed by atoms with E-state index >= 15 is 0 Å². The molecule has 78 valence electrons. The molecule has 1 aromatic rings. The topological polar surface area (TPSA) is 49.1 Å². The lowest BCUT2D eigenvalue weighted by Gasteiger charge is -1.97. The van der Waals surface area contributed by atoms with Crippen molar-refractivity contribution in [2.45, 2.75) is 0 Å². The van der Waals surface area contributed by atoms with Crippen LogP contribution in [0.4, 0.5) is 5.69 Å². The molecule has 4 nitrogen and oxygen atoms in total. The summed E-state index contributed by atoms with van der Waals surface area (Å²) in [5.41, 5.74) is 0.581. The zero-order valence-electron chi connectivity index (χ0n) is 7.74. The van der Waals surface area contributed by atoms with Crippen molar-refractivity contribution >= 4 is 34.8 Å². The van der Waals surface area contributed by atoms with Gasteiger partial charge in [0.1, 0.15) is 5.69 Å². The average molecular weight is 243 g/mol. The predicted molar refractivity (Wildman–Crippen MR) is 61.3 cm³/mol. The van der Waals surface area contributed by atoms with Gasteiger partial charge in [0, 0.05) is 11.6 Å². The van der Waals surface area contributed by atoms with Crippen molar-refractivity contribution < 1.29 is 0 Å². The fourth-order valence-corrected chi connectivity index (χ4v) is 1.56. The van der Waals surface area contributed by atoms with Crippen molar-refractivity contribution in [3.8, 4) is 0 Å². The van der Waals surface area contributed by atoms with Crippen LogP contribution in [-0.4, -0.2) is 19.0 Å². The van der Waals surface area contributed by atoms with E-state index in [9.17, 15) is 0 Å². The standard InChI is InChI=1S/C9H8Cl2N4/c10-6-1-2-8(7(11)5-6)14-15-9-12-3-4-13-9/h1-2,5H,3-4H2,(H,12,13). The highest BCUT2D eigenvalue weighted by Gasteiger charge is 2.03. The van der Waals surface area contributed by atoms with Gasteiger partial charge in [-0.05, 0) is 18.2 Å². The highest BCUT2D eigenvalue weighted by molar-refractivity contribution is 6.36. The van der Waals surface area contributed by atoms with Gasteiger partial charge in [-0.15, -0.1) is 10.2 Å². The molecule has 0 radical (unpaired) electrons. The third-order valence-electron chi connectivity index (χ3n) is 1.82. The second-order valence-corrected chi connectivity index (χ2v) is 3.77. The van der Waals surface area contributed by atoms with E-state index in [0.29, 0.717) is 21.7 Å². The quantitative estimate of drug-likeness (QED) is 0.757. The van der Waals surface area contributed by atoms with Gasteiger partial charge in [-0.3, -0.25) is 0 Å². The number of guanidine groups is 1. The Labute approximate surface area is 97.0 Å². The zero-order valence-corrected chi connectivity index (χ0v) is 9.26. The van der Waals surface area contributed by atoms with Gasteiger partial charge in [-0.2, -0.15) is 0 Å². The number of nitrogens with zero attached hydrogens (tertiary/aromatic N) is 3. The number of halogens is 2. The Balaban J connectivity index is 2.16. The third kappa shape index (κ3) is 2.67. The molecule has 0 saturated carbocycles. The Morgan fingerprint density at radius 3 is 2.80 bits per heavy atom. The number of nitrogens with one attached hydrogen (secondary N) is 1. The van der Waals surface area contributed by atoms with Gasteiger partial charge in [0.15, 0.2) is 0 Å². The van der Waals surface area contributed by atoms with Crippen LogP contribution < -0.4 is 5.32 Å². The summed E-state index contributed by atoms with van der Waals surface area (Å²) in [6.07, 6.45) is 0. The fourth-order valence-electron chi connectivity index (χ4n) is 1.12. The minimum atomic E-state index is 0.477. The number of hydrogen-bond acceptors (Lipinski definition) is 4. The molecule has 15 heavy (non-hydrogen) atoms. The third-order valence-corrected chi connectivity index (χ3v) is 2.36. The van der Waals surface area contributed by atoms with Crippen LogP contribution in [0.2, 0.25) is 10.0 Å². The van der Waals surface area contributed by atoms with E-state index in [1.54, 1.807) is 18.2 Å². The first-order valence-corrected chi connectivity index (χ1v) is 5.16. The van der Waals surface area contributed by atoms with Crippen molar-refractivity contribution in [2.75, 3.05) is 13.1 Å². The maximum absolute atomic E-state index is 5.92. The van der Waals surface area contributed by atoms with Crippen LogP contribution in [0.3, 0.4) is 0 Å². The lowest BCUT2D eigenvalue weighted by atomic mass is 10.3. The first kappa shape index (κ1) is 10.4. The molecule has 0 fully saturated rings. The molecule has 1 aromatic carbocycles. The van der Waals surface area contributed by atoms with E-state index < -0.39 is 0 Å². The predicted octanol–water partition coefficient (Wildman–Crippen LogP) is 3.04. The summed E-state index contributed by atoms with van der Waals surface area (Å²) in [5, 5.41) is 11.9. The largest absolute Gasteiger partial charge is 0.351 e. The van der Waals surface area contributed by atoms with Gasteiger partial charge >= 0.3 is 0 Å². The molecule has 0 aliphatic carbocycles. The summed E-state index contributed by atoms with van der Waals surface area (Å²) >= 11 is 11.7. The van der Waals surface area contributed by atoms with Gasteiger partial charge in [-0.25, -0.2) is 4.99 Å². The Kier molecular flexibility index (Phi) is 3.18. The second-order valence-electron chi connectivity index (χ2n) is 2.93. The van der Waals surface area contributed by atoms with E-state index in [2.05, 4.69) is 20.5 Å². The van der Waals surface area contributed by atoms with Crippen LogP contribution in [-0.2, 0) is 0 Å². The maximum atomic E-state index is 5.92.